The summed E-state index contributed by atoms with van der Waals surface area (Å²) < 4.78 is 39.9. The van der Waals surface area contributed by atoms with Crippen molar-refractivity contribution >= 4 is 34.5 Å². The largest absolute Gasteiger partial charge is 0.416 e. The Balaban J connectivity index is 1.53. The maximum absolute atomic E-state index is 12.9. The molecule has 0 fully saturated rings. The number of carbonyl (C=O) groups is 1. The molecule has 0 aliphatic carbocycles. The molecule has 0 saturated heterocycles. The molecule has 0 unspecified atom stereocenters. The van der Waals surface area contributed by atoms with E-state index in [-0.39, 0.29) is 17.7 Å². The zero-order chi connectivity index (χ0) is 23.8. The van der Waals surface area contributed by atoms with E-state index >= 15 is 0 Å². The van der Waals surface area contributed by atoms with Gasteiger partial charge in [0.25, 0.3) is 5.56 Å². The summed E-state index contributed by atoms with van der Waals surface area (Å²) in [6.45, 7) is 1.64. The molecular weight excluding hydrogens is 477 g/mol. The minimum Gasteiger partial charge on any atom is -0.326 e. The summed E-state index contributed by atoms with van der Waals surface area (Å²) in [7, 11) is 0. The summed E-state index contributed by atoms with van der Waals surface area (Å²) in [4.78, 5) is 29.8. The van der Waals surface area contributed by atoms with Gasteiger partial charge in [0.15, 0.2) is 0 Å². The number of anilines is 1. The van der Waals surface area contributed by atoms with Crippen LogP contribution in [0.4, 0.5) is 18.9 Å². The number of thiazole rings is 1. The van der Waals surface area contributed by atoms with Crippen LogP contribution in [0.3, 0.4) is 0 Å². The SMILES string of the molecule is Cc1[nH]n(-c2nc(-c3ccc(Cl)cc3)cs2)c(=O)c1CC(=O)Nc1cccc(C(F)(F)F)c1. The highest BCUT2D eigenvalue weighted by molar-refractivity contribution is 7.12. The Morgan fingerprint density at radius 3 is 2.64 bits per heavy atom. The monoisotopic (exact) mass is 492 g/mol. The highest BCUT2D eigenvalue weighted by Gasteiger charge is 2.30. The number of aromatic nitrogens is 3. The number of alkyl halides is 3. The van der Waals surface area contributed by atoms with Crippen molar-refractivity contribution in [3.8, 4) is 16.4 Å². The van der Waals surface area contributed by atoms with Crippen molar-refractivity contribution in [2.75, 3.05) is 5.32 Å². The number of halogens is 4. The number of carbonyl (C=O) groups excluding carboxylic acids is 1. The van der Waals surface area contributed by atoms with Crippen LogP contribution < -0.4 is 10.9 Å². The first-order valence-corrected chi connectivity index (χ1v) is 10.9. The van der Waals surface area contributed by atoms with Crippen molar-refractivity contribution in [2.24, 2.45) is 0 Å². The van der Waals surface area contributed by atoms with Crippen LogP contribution in [0.1, 0.15) is 16.8 Å². The van der Waals surface area contributed by atoms with Gasteiger partial charge in [-0.15, -0.1) is 11.3 Å². The Hall–Kier alpha value is -3.37. The molecule has 170 valence electrons. The Morgan fingerprint density at radius 2 is 1.94 bits per heavy atom. The van der Waals surface area contributed by atoms with Crippen LogP contribution in [0, 0.1) is 6.92 Å². The van der Waals surface area contributed by atoms with Gasteiger partial charge in [-0.2, -0.15) is 17.9 Å². The molecule has 0 spiro atoms. The molecule has 0 saturated carbocycles. The van der Waals surface area contributed by atoms with E-state index in [1.807, 2.05) is 12.1 Å². The van der Waals surface area contributed by atoms with Crippen molar-refractivity contribution < 1.29 is 18.0 Å². The third kappa shape index (κ3) is 5.01. The molecule has 2 aromatic carbocycles. The topological polar surface area (TPSA) is 79.8 Å². The van der Waals surface area contributed by atoms with Gasteiger partial charge in [-0.1, -0.05) is 29.8 Å². The molecule has 0 radical (unpaired) electrons. The zero-order valence-corrected chi connectivity index (χ0v) is 18.6. The number of benzene rings is 2. The van der Waals surface area contributed by atoms with E-state index in [9.17, 15) is 22.8 Å². The summed E-state index contributed by atoms with van der Waals surface area (Å²) in [5, 5.41) is 8.09. The van der Waals surface area contributed by atoms with Gasteiger partial charge in [0.05, 0.1) is 17.7 Å². The molecule has 11 heteroatoms. The number of hydrogen-bond acceptors (Lipinski definition) is 4. The second-order valence-corrected chi connectivity index (χ2v) is 8.45. The summed E-state index contributed by atoms with van der Waals surface area (Å²) >= 11 is 7.15. The number of hydrogen-bond donors (Lipinski definition) is 2. The van der Waals surface area contributed by atoms with Gasteiger partial charge < -0.3 is 5.32 Å². The third-order valence-electron chi connectivity index (χ3n) is 4.83. The predicted octanol–water partition coefficient (Wildman–Crippen LogP) is 5.45. The lowest BCUT2D eigenvalue weighted by atomic mass is 10.1. The summed E-state index contributed by atoms with van der Waals surface area (Å²) in [5.74, 6) is -0.610. The summed E-state index contributed by atoms with van der Waals surface area (Å²) in [5.41, 5.74) is 0.819. The van der Waals surface area contributed by atoms with E-state index in [1.165, 1.54) is 28.2 Å². The van der Waals surface area contributed by atoms with E-state index in [0.717, 1.165) is 17.7 Å². The number of amides is 1. The number of aryl methyl sites for hydroxylation is 1. The fraction of sp³-hybridized carbons (Fsp3) is 0.136. The Morgan fingerprint density at radius 1 is 1.21 bits per heavy atom. The Labute approximate surface area is 194 Å². The van der Waals surface area contributed by atoms with Gasteiger partial charge >= 0.3 is 6.18 Å². The Kier molecular flexibility index (Phi) is 6.13. The van der Waals surface area contributed by atoms with E-state index < -0.39 is 23.2 Å². The fourth-order valence-corrected chi connectivity index (χ4v) is 4.10. The lowest BCUT2D eigenvalue weighted by Gasteiger charge is -2.09. The highest BCUT2D eigenvalue weighted by Crippen LogP contribution is 2.30. The summed E-state index contributed by atoms with van der Waals surface area (Å²) in [6, 6.07) is 11.4. The van der Waals surface area contributed by atoms with Crippen molar-refractivity contribution in [1.29, 1.82) is 0 Å². The maximum atomic E-state index is 12.9. The average molecular weight is 493 g/mol. The molecule has 0 aliphatic rings. The molecule has 2 N–H and O–H groups in total. The number of aromatic amines is 1. The molecular formula is C22H16ClF3N4O2S. The fourth-order valence-electron chi connectivity index (χ4n) is 3.18. The van der Waals surface area contributed by atoms with Crippen molar-refractivity contribution in [3.05, 3.63) is 86.1 Å². The number of H-pyrrole nitrogens is 1. The molecule has 33 heavy (non-hydrogen) atoms. The molecule has 4 aromatic rings. The first-order chi connectivity index (χ1) is 15.6. The van der Waals surface area contributed by atoms with Crippen molar-refractivity contribution in [1.82, 2.24) is 14.8 Å². The predicted molar refractivity (Wildman–Crippen MR) is 121 cm³/mol. The van der Waals surface area contributed by atoms with E-state index in [1.54, 1.807) is 24.4 Å². The second kappa shape index (κ2) is 8.87. The van der Waals surface area contributed by atoms with Gasteiger partial charge in [-0.25, -0.2) is 4.98 Å². The van der Waals surface area contributed by atoms with E-state index in [2.05, 4.69) is 15.4 Å². The number of rotatable bonds is 5. The molecule has 4 rings (SSSR count). The Bertz CT molecular complexity index is 1370. The van der Waals surface area contributed by atoms with E-state index in [0.29, 0.717) is 21.5 Å². The molecule has 6 nitrogen and oxygen atoms in total. The lowest BCUT2D eigenvalue weighted by molar-refractivity contribution is -0.137. The third-order valence-corrected chi connectivity index (χ3v) is 5.91. The second-order valence-electron chi connectivity index (χ2n) is 7.18. The number of nitrogens with one attached hydrogen (secondary N) is 2. The van der Waals surface area contributed by atoms with Crippen LogP contribution in [0.2, 0.25) is 5.02 Å². The molecule has 2 heterocycles. The highest BCUT2D eigenvalue weighted by atomic mass is 35.5. The first kappa shape index (κ1) is 22.8. The van der Waals surface area contributed by atoms with Gasteiger partial charge in [0.2, 0.25) is 11.0 Å². The van der Waals surface area contributed by atoms with Gasteiger partial charge in [0.1, 0.15) is 0 Å². The van der Waals surface area contributed by atoms with Crippen LogP contribution in [0.25, 0.3) is 16.4 Å². The van der Waals surface area contributed by atoms with Gasteiger partial charge in [-0.05, 0) is 37.3 Å². The molecule has 0 bridgehead atoms. The smallest absolute Gasteiger partial charge is 0.326 e. The van der Waals surface area contributed by atoms with Gasteiger partial charge in [-0.3, -0.25) is 14.7 Å². The minimum absolute atomic E-state index is 0.00382. The van der Waals surface area contributed by atoms with Crippen molar-refractivity contribution in [3.63, 3.8) is 0 Å². The van der Waals surface area contributed by atoms with Gasteiger partial charge in [0, 0.05) is 32.9 Å². The standard InChI is InChI=1S/C22H16ClF3N4O2S/c1-12-17(10-19(31)27-16-4-2-3-14(9-16)22(24,25)26)20(32)30(29-12)21-28-18(11-33-21)13-5-7-15(23)8-6-13/h2-9,11,29H,10H2,1H3,(H,27,31). The lowest BCUT2D eigenvalue weighted by Crippen LogP contribution is -2.22. The van der Waals surface area contributed by atoms with E-state index in [4.69, 9.17) is 11.6 Å². The molecule has 0 atom stereocenters. The van der Waals surface area contributed by atoms with Crippen molar-refractivity contribution in [2.45, 2.75) is 19.5 Å². The molecule has 0 aliphatic heterocycles. The van der Waals surface area contributed by atoms with Crippen LogP contribution in [0.15, 0.2) is 58.7 Å². The zero-order valence-electron chi connectivity index (χ0n) is 17.0. The molecule has 2 aromatic heterocycles. The minimum atomic E-state index is -4.52. The average Bonchev–Trinajstić information content (AvgIpc) is 3.34. The van der Waals surface area contributed by atoms with Crippen LogP contribution >= 0.6 is 22.9 Å². The first-order valence-electron chi connectivity index (χ1n) is 9.61. The maximum Gasteiger partial charge on any atom is 0.416 e. The van der Waals surface area contributed by atoms with Crippen LogP contribution in [0.5, 0.6) is 0 Å². The van der Waals surface area contributed by atoms with Crippen LogP contribution in [-0.4, -0.2) is 20.7 Å². The summed E-state index contributed by atoms with van der Waals surface area (Å²) in [6.07, 6.45) is -4.83. The molecule has 1 amide bonds. The van der Waals surface area contributed by atoms with Crippen LogP contribution in [-0.2, 0) is 17.4 Å². The quantitative estimate of drug-likeness (QED) is 0.389. The normalized spacial score (nSPS) is 11.5. The number of nitrogens with zero attached hydrogens (tertiary/aromatic N) is 2.